The van der Waals surface area contributed by atoms with Gasteiger partial charge in [0.2, 0.25) is 0 Å². The highest BCUT2D eigenvalue weighted by Crippen LogP contribution is 2.46. The topological polar surface area (TPSA) is 44.9 Å². The van der Waals surface area contributed by atoms with Gasteiger partial charge in [0.15, 0.2) is 0 Å². The molecule has 0 aliphatic carbocycles. The minimum atomic E-state index is -0.418. The summed E-state index contributed by atoms with van der Waals surface area (Å²) in [4.78, 5) is 2.30. The van der Waals surface area contributed by atoms with Crippen LogP contribution in [0.3, 0.4) is 0 Å². The molecule has 2 aliphatic heterocycles. The summed E-state index contributed by atoms with van der Waals surface area (Å²) in [5.74, 6) is 0.0773. The molecule has 2 fully saturated rings. The molecule has 2 aromatic rings. The van der Waals surface area contributed by atoms with E-state index < -0.39 is 5.82 Å². The van der Waals surface area contributed by atoms with Crippen molar-refractivity contribution in [3.63, 3.8) is 0 Å². The number of piperidine rings is 1. The number of nitriles is 1. The Morgan fingerprint density at radius 1 is 1.22 bits per heavy atom. The highest BCUT2D eigenvalue weighted by atomic mass is 19.1. The standard InChI is InChI=1S/C18H19FN4/c1-22-17(7-8-21-22)12-9-13-5-6-14(10-12)23(13)18-4-2-3-16(19)15(18)11-20/h2-4,7-8,12-14H,5-6,9-10H2,1H3. The summed E-state index contributed by atoms with van der Waals surface area (Å²) >= 11 is 0. The van der Waals surface area contributed by atoms with Crippen molar-refractivity contribution in [3.05, 3.63) is 47.5 Å². The van der Waals surface area contributed by atoms with Gasteiger partial charge in [0.25, 0.3) is 0 Å². The fourth-order valence-corrected chi connectivity index (χ4v) is 4.44. The Labute approximate surface area is 135 Å². The molecule has 3 heterocycles. The zero-order chi connectivity index (χ0) is 16.0. The minimum Gasteiger partial charge on any atom is -0.364 e. The van der Waals surface area contributed by atoms with E-state index in [1.54, 1.807) is 6.07 Å². The summed E-state index contributed by atoms with van der Waals surface area (Å²) in [6.07, 6.45) is 6.15. The fourth-order valence-electron chi connectivity index (χ4n) is 4.44. The first-order valence-corrected chi connectivity index (χ1v) is 8.14. The number of aromatic nitrogens is 2. The predicted octanol–water partition coefficient (Wildman–Crippen LogP) is 3.35. The molecule has 2 unspecified atom stereocenters. The Morgan fingerprint density at radius 2 is 1.96 bits per heavy atom. The first kappa shape index (κ1) is 14.3. The van der Waals surface area contributed by atoms with E-state index in [1.807, 2.05) is 30.1 Å². The van der Waals surface area contributed by atoms with E-state index in [0.717, 1.165) is 31.4 Å². The summed E-state index contributed by atoms with van der Waals surface area (Å²) in [6, 6.07) is 9.86. The number of fused-ring (bicyclic) bond motifs is 2. The van der Waals surface area contributed by atoms with Gasteiger partial charge >= 0.3 is 0 Å². The molecule has 2 saturated heterocycles. The van der Waals surface area contributed by atoms with Crippen LogP contribution < -0.4 is 4.90 Å². The van der Waals surface area contributed by atoms with Gasteiger partial charge in [-0.25, -0.2) is 4.39 Å². The summed E-state index contributed by atoms with van der Waals surface area (Å²) in [5.41, 5.74) is 2.23. The molecule has 0 spiro atoms. The van der Waals surface area contributed by atoms with E-state index in [2.05, 4.69) is 16.1 Å². The zero-order valence-corrected chi connectivity index (χ0v) is 13.1. The summed E-state index contributed by atoms with van der Waals surface area (Å²) < 4.78 is 15.9. The molecule has 0 radical (unpaired) electrons. The second-order valence-corrected chi connectivity index (χ2v) is 6.59. The SMILES string of the molecule is Cn1nccc1C1CC2CCC(C1)N2c1cccc(F)c1C#N. The van der Waals surface area contributed by atoms with Gasteiger partial charge in [-0.2, -0.15) is 10.4 Å². The largest absolute Gasteiger partial charge is 0.364 e. The maximum atomic E-state index is 14.0. The van der Waals surface area contributed by atoms with Crippen LogP contribution in [0.2, 0.25) is 0 Å². The maximum absolute atomic E-state index is 14.0. The van der Waals surface area contributed by atoms with E-state index in [4.69, 9.17) is 0 Å². The molecule has 118 valence electrons. The molecule has 0 amide bonds. The lowest BCUT2D eigenvalue weighted by Crippen LogP contribution is -2.43. The third-order valence-electron chi connectivity index (χ3n) is 5.39. The van der Waals surface area contributed by atoms with Gasteiger partial charge in [-0.1, -0.05) is 6.07 Å². The van der Waals surface area contributed by atoms with Crippen molar-refractivity contribution in [2.45, 2.75) is 43.7 Å². The molecule has 1 aromatic heterocycles. The lowest BCUT2D eigenvalue weighted by molar-refractivity contribution is 0.399. The van der Waals surface area contributed by atoms with E-state index in [0.29, 0.717) is 18.0 Å². The number of hydrogen-bond acceptors (Lipinski definition) is 3. The Hall–Kier alpha value is -2.35. The first-order valence-electron chi connectivity index (χ1n) is 8.14. The van der Waals surface area contributed by atoms with E-state index >= 15 is 0 Å². The lowest BCUT2D eigenvalue weighted by atomic mass is 9.87. The van der Waals surface area contributed by atoms with Gasteiger partial charge in [-0.05, 0) is 43.9 Å². The predicted molar refractivity (Wildman–Crippen MR) is 85.6 cm³/mol. The Kier molecular flexibility index (Phi) is 3.33. The fraction of sp³-hybridized carbons (Fsp3) is 0.444. The number of halogens is 1. The molecule has 4 rings (SSSR count). The summed E-state index contributed by atoms with van der Waals surface area (Å²) in [7, 11) is 1.99. The number of anilines is 1. The van der Waals surface area contributed by atoms with Gasteiger partial charge in [0, 0.05) is 36.9 Å². The monoisotopic (exact) mass is 310 g/mol. The van der Waals surface area contributed by atoms with Crippen LogP contribution in [0.15, 0.2) is 30.5 Å². The van der Waals surface area contributed by atoms with Gasteiger partial charge in [-0.3, -0.25) is 4.68 Å². The van der Waals surface area contributed by atoms with E-state index in [1.165, 1.54) is 11.8 Å². The van der Waals surface area contributed by atoms with Crippen molar-refractivity contribution in [1.82, 2.24) is 9.78 Å². The van der Waals surface area contributed by atoms with Gasteiger partial charge in [-0.15, -0.1) is 0 Å². The normalized spacial score (nSPS) is 26.3. The molecule has 0 N–H and O–H groups in total. The highest BCUT2D eigenvalue weighted by Gasteiger charge is 2.42. The second-order valence-electron chi connectivity index (χ2n) is 6.59. The molecular weight excluding hydrogens is 291 g/mol. The van der Waals surface area contributed by atoms with Crippen LogP contribution in [0.25, 0.3) is 0 Å². The third kappa shape index (κ3) is 2.21. The minimum absolute atomic E-state index is 0.184. The molecular formula is C18H19FN4. The Balaban J connectivity index is 1.66. The number of rotatable bonds is 2. The lowest BCUT2D eigenvalue weighted by Gasteiger charge is -2.41. The van der Waals surface area contributed by atoms with Crippen LogP contribution in [-0.2, 0) is 7.05 Å². The Morgan fingerprint density at radius 3 is 2.57 bits per heavy atom. The van der Waals surface area contributed by atoms with Crippen molar-refractivity contribution < 1.29 is 4.39 Å². The van der Waals surface area contributed by atoms with Gasteiger partial charge in [0.05, 0.1) is 5.69 Å². The molecule has 4 nitrogen and oxygen atoms in total. The second kappa shape index (κ2) is 5.38. The molecule has 1 aromatic carbocycles. The first-order chi connectivity index (χ1) is 11.2. The molecule has 5 heteroatoms. The number of benzene rings is 1. The maximum Gasteiger partial charge on any atom is 0.143 e. The smallest absolute Gasteiger partial charge is 0.143 e. The van der Waals surface area contributed by atoms with E-state index in [-0.39, 0.29) is 5.56 Å². The van der Waals surface area contributed by atoms with Gasteiger partial charge in [0.1, 0.15) is 17.4 Å². The van der Waals surface area contributed by atoms with Crippen molar-refractivity contribution >= 4 is 5.69 Å². The zero-order valence-electron chi connectivity index (χ0n) is 13.1. The van der Waals surface area contributed by atoms with Crippen molar-refractivity contribution in [3.8, 4) is 6.07 Å². The molecule has 0 saturated carbocycles. The van der Waals surface area contributed by atoms with Crippen molar-refractivity contribution in [2.75, 3.05) is 4.90 Å². The summed E-state index contributed by atoms with van der Waals surface area (Å²) in [6.45, 7) is 0. The number of nitrogens with zero attached hydrogens (tertiary/aromatic N) is 4. The van der Waals surface area contributed by atoms with Crippen LogP contribution in [-0.4, -0.2) is 21.9 Å². The van der Waals surface area contributed by atoms with Crippen LogP contribution in [0.1, 0.15) is 42.9 Å². The number of hydrogen-bond donors (Lipinski definition) is 0. The van der Waals surface area contributed by atoms with Crippen LogP contribution in [0.4, 0.5) is 10.1 Å². The number of aryl methyl sites for hydroxylation is 1. The average Bonchev–Trinajstić information content (AvgIpc) is 3.08. The summed E-state index contributed by atoms with van der Waals surface area (Å²) in [5, 5.41) is 13.6. The average molecular weight is 310 g/mol. The highest BCUT2D eigenvalue weighted by molar-refractivity contribution is 5.62. The molecule has 2 aliphatic rings. The van der Waals surface area contributed by atoms with Crippen molar-refractivity contribution in [1.29, 1.82) is 5.26 Å². The van der Waals surface area contributed by atoms with Crippen LogP contribution in [0, 0.1) is 17.1 Å². The van der Waals surface area contributed by atoms with Crippen LogP contribution >= 0.6 is 0 Å². The van der Waals surface area contributed by atoms with Crippen LogP contribution in [0.5, 0.6) is 0 Å². The molecule has 2 atom stereocenters. The molecule has 23 heavy (non-hydrogen) atoms. The molecule has 2 bridgehead atoms. The van der Waals surface area contributed by atoms with Gasteiger partial charge < -0.3 is 4.90 Å². The third-order valence-corrected chi connectivity index (χ3v) is 5.39. The van der Waals surface area contributed by atoms with E-state index in [9.17, 15) is 9.65 Å². The quantitative estimate of drug-likeness (QED) is 0.854. The van der Waals surface area contributed by atoms with Crippen molar-refractivity contribution in [2.24, 2.45) is 7.05 Å². The Bertz CT molecular complexity index is 762.